The highest BCUT2D eigenvalue weighted by Gasteiger charge is 1.98. The molecule has 2 rings (SSSR count). The van der Waals surface area contributed by atoms with Gasteiger partial charge < -0.3 is 5.73 Å². The number of hydrogen-bond acceptors (Lipinski definition) is 3. The summed E-state index contributed by atoms with van der Waals surface area (Å²) in [7, 11) is 0. The average molecular weight is 234 g/mol. The maximum absolute atomic E-state index is 5.55. The second kappa shape index (κ2) is 7.01. The van der Waals surface area contributed by atoms with Crippen molar-refractivity contribution in [1.82, 2.24) is 4.98 Å². The molecule has 16 heavy (non-hydrogen) atoms. The molecule has 2 nitrogen and oxygen atoms in total. The van der Waals surface area contributed by atoms with Gasteiger partial charge in [-0.1, -0.05) is 44.2 Å². The molecule has 1 heterocycles. The van der Waals surface area contributed by atoms with Crippen LogP contribution in [0.5, 0.6) is 0 Å². The van der Waals surface area contributed by atoms with Gasteiger partial charge in [0.05, 0.1) is 0 Å². The Morgan fingerprint density at radius 1 is 1.12 bits per heavy atom. The van der Waals surface area contributed by atoms with Crippen molar-refractivity contribution in [2.75, 3.05) is 5.73 Å². The van der Waals surface area contributed by atoms with Crippen molar-refractivity contribution in [2.24, 2.45) is 0 Å². The van der Waals surface area contributed by atoms with Crippen LogP contribution >= 0.6 is 11.3 Å². The van der Waals surface area contributed by atoms with Gasteiger partial charge in [0, 0.05) is 11.1 Å². The Hall–Kier alpha value is -1.35. The first-order chi connectivity index (χ1) is 7.84. The van der Waals surface area contributed by atoms with Crippen molar-refractivity contribution in [2.45, 2.75) is 26.7 Å². The second-order valence-corrected chi connectivity index (χ2v) is 4.30. The van der Waals surface area contributed by atoms with Gasteiger partial charge in [0.25, 0.3) is 0 Å². The van der Waals surface area contributed by atoms with Crippen molar-refractivity contribution in [3.63, 3.8) is 0 Å². The summed E-state index contributed by atoms with van der Waals surface area (Å²) in [4.78, 5) is 5.28. The summed E-state index contributed by atoms with van der Waals surface area (Å²) in [6.07, 6.45) is 3.95. The first-order valence-corrected chi connectivity index (χ1v) is 6.40. The predicted octanol–water partition coefficient (Wildman–Crippen LogP) is 3.54. The van der Waals surface area contributed by atoms with Crippen molar-refractivity contribution in [1.29, 1.82) is 0 Å². The Kier molecular flexibility index (Phi) is 5.57. The van der Waals surface area contributed by atoms with Crippen LogP contribution in [0.1, 0.15) is 24.3 Å². The molecule has 86 valence electrons. The highest BCUT2D eigenvalue weighted by atomic mass is 32.1. The van der Waals surface area contributed by atoms with E-state index in [0.29, 0.717) is 5.13 Å². The van der Waals surface area contributed by atoms with Crippen LogP contribution in [0.2, 0.25) is 0 Å². The van der Waals surface area contributed by atoms with Crippen molar-refractivity contribution < 1.29 is 0 Å². The summed E-state index contributed by atoms with van der Waals surface area (Å²) in [5.41, 5.74) is 6.92. The summed E-state index contributed by atoms with van der Waals surface area (Å²) in [6, 6.07) is 10.5. The van der Waals surface area contributed by atoms with Gasteiger partial charge in [0.15, 0.2) is 5.13 Å². The van der Waals surface area contributed by atoms with Crippen molar-refractivity contribution in [3.8, 4) is 0 Å². The lowest BCUT2D eigenvalue weighted by molar-refractivity contribution is 0.976. The number of benzene rings is 1. The fourth-order valence-corrected chi connectivity index (χ4v) is 2.03. The normalized spacial score (nSPS) is 9.38. The topological polar surface area (TPSA) is 38.9 Å². The van der Waals surface area contributed by atoms with Crippen molar-refractivity contribution >= 4 is 16.5 Å². The Balaban J connectivity index is 0.000000606. The van der Waals surface area contributed by atoms with Crippen LogP contribution in [-0.4, -0.2) is 4.98 Å². The zero-order valence-electron chi connectivity index (χ0n) is 9.81. The molecular formula is C13H18N2S. The smallest absolute Gasteiger partial charge is 0.180 e. The molecule has 0 fully saturated rings. The van der Waals surface area contributed by atoms with E-state index in [1.807, 2.05) is 26.1 Å². The minimum Gasteiger partial charge on any atom is -0.375 e. The third kappa shape index (κ3) is 4.03. The van der Waals surface area contributed by atoms with E-state index in [9.17, 15) is 0 Å². The fourth-order valence-electron chi connectivity index (χ4n) is 1.35. The lowest BCUT2D eigenvalue weighted by Crippen LogP contribution is -1.87. The molecule has 0 unspecified atom stereocenters. The zero-order valence-corrected chi connectivity index (χ0v) is 10.6. The highest BCUT2D eigenvalue weighted by Crippen LogP contribution is 2.16. The predicted molar refractivity (Wildman–Crippen MR) is 71.7 cm³/mol. The molecule has 0 atom stereocenters. The molecule has 2 aromatic rings. The molecule has 0 saturated carbocycles. The number of rotatable bonds is 3. The van der Waals surface area contributed by atoms with E-state index in [1.165, 1.54) is 10.4 Å². The average Bonchev–Trinajstić information content (AvgIpc) is 2.77. The molecule has 1 aromatic heterocycles. The number of aryl methyl sites for hydroxylation is 2. The van der Waals surface area contributed by atoms with E-state index in [0.717, 1.165) is 12.8 Å². The quantitative estimate of drug-likeness (QED) is 0.882. The Morgan fingerprint density at radius 3 is 2.38 bits per heavy atom. The number of nitrogens with two attached hydrogens (primary N) is 1. The molecule has 0 saturated heterocycles. The lowest BCUT2D eigenvalue weighted by Gasteiger charge is -1.97. The first kappa shape index (κ1) is 12.7. The molecule has 3 heteroatoms. The molecule has 2 N–H and O–H groups in total. The third-order valence-electron chi connectivity index (χ3n) is 2.07. The zero-order chi connectivity index (χ0) is 11.8. The Labute approximate surface area is 101 Å². The summed E-state index contributed by atoms with van der Waals surface area (Å²) >= 11 is 1.57. The van der Waals surface area contributed by atoms with E-state index in [4.69, 9.17) is 5.73 Å². The summed E-state index contributed by atoms with van der Waals surface area (Å²) in [5, 5.41) is 0.660. The van der Waals surface area contributed by atoms with Gasteiger partial charge in [-0.3, -0.25) is 0 Å². The van der Waals surface area contributed by atoms with Crippen molar-refractivity contribution in [3.05, 3.63) is 47.0 Å². The molecule has 0 radical (unpaired) electrons. The van der Waals surface area contributed by atoms with Gasteiger partial charge in [0.2, 0.25) is 0 Å². The number of nitrogens with zero attached hydrogens (tertiary/aromatic N) is 1. The number of hydrogen-bond donors (Lipinski definition) is 1. The van der Waals surface area contributed by atoms with Crippen LogP contribution in [-0.2, 0) is 12.8 Å². The lowest BCUT2D eigenvalue weighted by atomic mass is 10.1. The molecule has 0 aliphatic carbocycles. The number of thiazole rings is 1. The number of aromatic nitrogens is 1. The van der Waals surface area contributed by atoms with E-state index in [-0.39, 0.29) is 0 Å². The molecule has 0 aliphatic rings. The van der Waals surface area contributed by atoms with Gasteiger partial charge in [-0.25, -0.2) is 4.98 Å². The standard InChI is InChI=1S/C11H12N2S.C2H6/c12-11-13-8-10(14-11)7-6-9-4-2-1-3-5-9;1-2/h1-5,8H,6-7H2,(H2,12,13);1-2H3. The van der Waals surface area contributed by atoms with Crippen LogP contribution in [0.25, 0.3) is 0 Å². The van der Waals surface area contributed by atoms with E-state index >= 15 is 0 Å². The fraction of sp³-hybridized carbons (Fsp3) is 0.308. The molecule has 0 aliphatic heterocycles. The number of anilines is 1. The summed E-state index contributed by atoms with van der Waals surface area (Å²) in [5.74, 6) is 0. The van der Waals surface area contributed by atoms with Gasteiger partial charge in [-0.15, -0.1) is 11.3 Å². The third-order valence-corrected chi connectivity index (χ3v) is 2.96. The van der Waals surface area contributed by atoms with Gasteiger partial charge >= 0.3 is 0 Å². The molecule has 0 bridgehead atoms. The maximum Gasteiger partial charge on any atom is 0.180 e. The van der Waals surface area contributed by atoms with Crippen LogP contribution < -0.4 is 5.73 Å². The van der Waals surface area contributed by atoms with Gasteiger partial charge in [0.1, 0.15) is 0 Å². The minimum atomic E-state index is 0.660. The van der Waals surface area contributed by atoms with Crippen LogP contribution in [0, 0.1) is 0 Å². The molecular weight excluding hydrogens is 216 g/mol. The van der Waals surface area contributed by atoms with E-state index in [2.05, 4.69) is 29.2 Å². The monoisotopic (exact) mass is 234 g/mol. The van der Waals surface area contributed by atoms with Gasteiger partial charge in [-0.05, 0) is 18.4 Å². The van der Waals surface area contributed by atoms with Crippen LogP contribution in [0.3, 0.4) is 0 Å². The largest absolute Gasteiger partial charge is 0.375 e. The molecule has 0 spiro atoms. The van der Waals surface area contributed by atoms with Crippen LogP contribution in [0.4, 0.5) is 5.13 Å². The highest BCUT2D eigenvalue weighted by molar-refractivity contribution is 7.15. The molecule has 0 amide bonds. The van der Waals surface area contributed by atoms with Gasteiger partial charge in [-0.2, -0.15) is 0 Å². The number of nitrogen functional groups attached to an aromatic ring is 1. The van der Waals surface area contributed by atoms with E-state index < -0.39 is 0 Å². The summed E-state index contributed by atoms with van der Waals surface area (Å²) < 4.78 is 0. The second-order valence-electron chi connectivity index (χ2n) is 3.15. The van der Waals surface area contributed by atoms with Crippen LogP contribution in [0.15, 0.2) is 36.5 Å². The Morgan fingerprint density at radius 2 is 1.81 bits per heavy atom. The maximum atomic E-state index is 5.55. The first-order valence-electron chi connectivity index (χ1n) is 5.59. The minimum absolute atomic E-state index is 0.660. The molecule has 1 aromatic carbocycles. The van der Waals surface area contributed by atoms with E-state index in [1.54, 1.807) is 11.3 Å². The SMILES string of the molecule is CC.Nc1ncc(CCc2ccccc2)s1. The summed E-state index contributed by atoms with van der Waals surface area (Å²) in [6.45, 7) is 4.00. The Bertz CT molecular complexity index is 395.